The Kier molecular flexibility index (Phi) is 5.36. The zero-order valence-corrected chi connectivity index (χ0v) is 14.5. The average molecular weight is 328 g/mol. The molecule has 0 fully saturated rings. The van der Waals surface area contributed by atoms with Crippen LogP contribution in [0.15, 0.2) is 41.3 Å². The summed E-state index contributed by atoms with van der Waals surface area (Å²) < 4.78 is 1.87. The standard InChI is InChI=1S/C16H15NO3S.Mg.2H/c1-21-13-9-12-11(16(19)20)7-8-17(12)14(13)15(18)10-5-3-2-4-6-10;;;/h2-6,9,11H,7-8H2,1H3,(H,19,20);;;/q;+2;2*-1. The fourth-order valence-electron chi connectivity index (χ4n) is 2.84. The molecule has 4 nitrogen and oxygen atoms in total. The molecule has 1 aromatic heterocycles. The Hall–Kier alpha value is -1.24. The first kappa shape index (κ1) is 17.1. The molecule has 1 unspecified atom stereocenters. The third kappa shape index (κ3) is 2.82. The van der Waals surface area contributed by atoms with Crippen molar-refractivity contribution in [2.45, 2.75) is 23.8 Å². The number of carboxylic acids is 1. The summed E-state index contributed by atoms with van der Waals surface area (Å²) in [6.45, 7) is 0.584. The third-order valence-electron chi connectivity index (χ3n) is 3.86. The third-order valence-corrected chi connectivity index (χ3v) is 4.61. The minimum absolute atomic E-state index is 0. The van der Waals surface area contributed by atoms with Crippen molar-refractivity contribution in [3.63, 3.8) is 0 Å². The van der Waals surface area contributed by atoms with Gasteiger partial charge in [-0.15, -0.1) is 11.8 Å². The first-order valence-corrected chi connectivity index (χ1v) is 7.96. The Morgan fingerprint density at radius 2 is 2.00 bits per heavy atom. The van der Waals surface area contributed by atoms with Crippen molar-refractivity contribution in [3.05, 3.63) is 53.3 Å². The predicted octanol–water partition coefficient (Wildman–Crippen LogP) is 2.86. The number of benzene rings is 1. The average Bonchev–Trinajstić information content (AvgIpc) is 3.05. The Bertz CT molecular complexity index is 722. The number of thioether (sulfide) groups is 1. The van der Waals surface area contributed by atoms with Crippen molar-refractivity contribution in [2.75, 3.05) is 6.26 Å². The molecule has 1 aliphatic rings. The maximum atomic E-state index is 12.7. The molecular weight excluding hydrogens is 311 g/mol. The maximum Gasteiger partial charge on any atom is 2.00 e. The number of nitrogens with zero attached hydrogens (tertiary/aromatic N) is 1. The number of hydrogen-bond donors (Lipinski definition) is 1. The molecule has 112 valence electrons. The molecule has 1 aromatic carbocycles. The summed E-state index contributed by atoms with van der Waals surface area (Å²) in [5.74, 6) is -1.37. The van der Waals surface area contributed by atoms with Crippen LogP contribution in [0, 0.1) is 0 Å². The molecule has 1 aliphatic heterocycles. The zero-order chi connectivity index (χ0) is 15.0. The Balaban J connectivity index is 0.00000176. The van der Waals surface area contributed by atoms with Crippen LogP contribution in [-0.2, 0) is 11.3 Å². The minimum Gasteiger partial charge on any atom is -1.00 e. The zero-order valence-electron chi connectivity index (χ0n) is 14.3. The number of carbonyl (C=O) groups excluding carboxylic acids is 1. The molecule has 1 N–H and O–H groups in total. The van der Waals surface area contributed by atoms with Crippen LogP contribution in [0.25, 0.3) is 0 Å². The molecule has 2 aromatic rings. The van der Waals surface area contributed by atoms with E-state index in [1.54, 1.807) is 12.1 Å². The van der Waals surface area contributed by atoms with Crippen molar-refractivity contribution >= 4 is 46.6 Å². The van der Waals surface area contributed by atoms with Crippen LogP contribution in [0.3, 0.4) is 0 Å². The molecule has 2 heterocycles. The maximum absolute atomic E-state index is 12.7. The van der Waals surface area contributed by atoms with E-state index in [-0.39, 0.29) is 31.7 Å². The quantitative estimate of drug-likeness (QED) is 0.533. The summed E-state index contributed by atoms with van der Waals surface area (Å²) in [6.07, 6.45) is 2.46. The molecule has 0 aliphatic carbocycles. The number of aliphatic carboxylic acids is 1. The van der Waals surface area contributed by atoms with Gasteiger partial charge in [0, 0.05) is 22.7 Å². The Morgan fingerprint density at radius 3 is 2.59 bits per heavy atom. The van der Waals surface area contributed by atoms with E-state index in [0.29, 0.717) is 24.2 Å². The summed E-state index contributed by atoms with van der Waals surface area (Å²) in [4.78, 5) is 24.9. The summed E-state index contributed by atoms with van der Waals surface area (Å²) in [6, 6.07) is 11.0. The first-order valence-electron chi connectivity index (χ1n) is 6.73. The topological polar surface area (TPSA) is 59.3 Å². The minimum atomic E-state index is -0.822. The molecular formula is C16H17MgNO3S. The Labute approximate surface area is 152 Å². The fourth-order valence-corrected chi connectivity index (χ4v) is 3.48. The number of ketones is 1. The fraction of sp³-hybridized carbons (Fsp3) is 0.250. The number of rotatable bonds is 4. The van der Waals surface area contributed by atoms with Crippen molar-refractivity contribution in [1.82, 2.24) is 4.57 Å². The summed E-state index contributed by atoms with van der Waals surface area (Å²) in [7, 11) is 0. The predicted molar refractivity (Wildman–Crippen MR) is 89.1 cm³/mol. The van der Waals surface area contributed by atoms with Gasteiger partial charge in [-0.25, -0.2) is 0 Å². The van der Waals surface area contributed by atoms with Crippen LogP contribution in [0.2, 0.25) is 0 Å². The molecule has 0 spiro atoms. The van der Waals surface area contributed by atoms with E-state index in [2.05, 4.69) is 0 Å². The van der Waals surface area contributed by atoms with Crippen LogP contribution in [0.1, 0.15) is 36.9 Å². The molecule has 0 saturated carbocycles. The van der Waals surface area contributed by atoms with E-state index in [1.807, 2.05) is 35.1 Å². The van der Waals surface area contributed by atoms with Gasteiger partial charge in [-0.2, -0.15) is 0 Å². The van der Waals surface area contributed by atoms with Gasteiger partial charge >= 0.3 is 29.0 Å². The van der Waals surface area contributed by atoms with Crippen LogP contribution in [0.5, 0.6) is 0 Å². The first-order chi connectivity index (χ1) is 10.1. The number of fused-ring (bicyclic) bond motifs is 1. The van der Waals surface area contributed by atoms with Crippen molar-refractivity contribution < 1.29 is 17.5 Å². The van der Waals surface area contributed by atoms with Gasteiger partial charge in [0.2, 0.25) is 5.78 Å². The van der Waals surface area contributed by atoms with E-state index in [1.165, 1.54) is 11.8 Å². The number of aromatic nitrogens is 1. The summed E-state index contributed by atoms with van der Waals surface area (Å²) in [5, 5.41) is 9.28. The normalized spacial score (nSPS) is 16.0. The molecule has 0 amide bonds. The van der Waals surface area contributed by atoms with Crippen molar-refractivity contribution in [1.29, 1.82) is 0 Å². The number of carboxylic acid groups (broad SMARTS) is 1. The van der Waals surface area contributed by atoms with Crippen molar-refractivity contribution in [3.8, 4) is 0 Å². The van der Waals surface area contributed by atoms with Crippen LogP contribution in [0.4, 0.5) is 0 Å². The van der Waals surface area contributed by atoms with Crippen LogP contribution >= 0.6 is 11.8 Å². The number of carbonyl (C=O) groups is 2. The van der Waals surface area contributed by atoms with E-state index in [9.17, 15) is 14.7 Å². The molecule has 1 atom stereocenters. The summed E-state index contributed by atoms with van der Waals surface area (Å²) >= 11 is 1.48. The molecule has 22 heavy (non-hydrogen) atoms. The van der Waals surface area contributed by atoms with E-state index >= 15 is 0 Å². The van der Waals surface area contributed by atoms with Gasteiger partial charge in [-0.05, 0) is 18.7 Å². The van der Waals surface area contributed by atoms with Gasteiger partial charge < -0.3 is 12.5 Å². The summed E-state index contributed by atoms with van der Waals surface area (Å²) in [5.41, 5.74) is 1.99. The Morgan fingerprint density at radius 1 is 1.32 bits per heavy atom. The monoisotopic (exact) mass is 327 g/mol. The SMILES string of the molecule is CSc1cc2n(c1C(=O)c1ccccc1)CCC2C(=O)O.[H-].[H-].[Mg+2]. The van der Waals surface area contributed by atoms with Gasteiger partial charge in [0.15, 0.2) is 0 Å². The van der Waals surface area contributed by atoms with Gasteiger partial charge in [0.05, 0.1) is 5.92 Å². The van der Waals surface area contributed by atoms with Gasteiger partial charge in [0.25, 0.3) is 0 Å². The van der Waals surface area contributed by atoms with E-state index in [0.717, 1.165) is 10.6 Å². The van der Waals surface area contributed by atoms with E-state index < -0.39 is 11.9 Å². The number of hydrogen-bond acceptors (Lipinski definition) is 3. The smallest absolute Gasteiger partial charge is 1.00 e. The second-order valence-electron chi connectivity index (χ2n) is 5.01. The van der Waals surface area contributed by atoms with Gasteiger partial charge in [-0.1, -0.05) is 30.3 Å². The molecule has 3 rings (SSSR count). The van der Waals surface area contributed by atoms with Crippen molar-refractivity contribution in [2.24, 2.45) is 0 Å². The van der Waals surface area contributed by atoms with Crippen LogP contribution in [-0.4, -0.2) is 50.7 Å². The molecule has 6 heteroatoms. The van der Waals surface area contributed by atoms with Gasteiger partial charge in [-0.3, -0.25) is 9.59 Å². The second kappa shape index (κ2) is 6.89. The largest absolute Gasteiger partial charge is 2.00 e. The molecule has 0 radical (unpaired) electrons. The second-order valence-corrected chi connectivity index (χ2v) is 5.86. The molecule has 0 saturated heterocycles. The van der Waals surface area contributed by atoms with Gasteiger partial charge in [0.1, 0.15) is 5.69 Å². The van der Waals surface area contributed by atoms with Crippen LogP contribution < -0.4 is 0 Å². The molecule has 0 bridgehead atoms. The van der Waals surface area contributed by atoms with E-state index in [4.69, 9.17) is 0 Å².